The van der Waals surface area contributed by atoms with Crippen molar-refractivity contribution in [3.63, 3.8) is 0 Å². The summed E-state index contributed by atoms with van der Waals surface area (Å²) < 4.78 is 5.11. The van der Waals surface area contributed by atoms with Gasteiger partial charge in [0.25, 0.3) is 11.8 Å². The van der Waals surface area contributed by atoms with Crippen LogP contribution in [0.4, 0.5) is 5.69 Å². The molecule has 7 heteroatoms. The van der Waals surface area contributed by atoms with Crippen LogP contribution >= 0.6 is 11.3 Å². The van der Waals surface area contributed by atoms with E-state index in [2.05, 4.69) is 34.7 Å². The molecule has 0 bridgehead atoms. The van der Waals surface area contributed by atoms with E-state index < -0.39 is 0 Å². The Labute approximate surface area is 190 Å². The Morgan fingerprint density at radius 2 is 1.81 bits per heavy atom. The van der Waals surface area contributed by atoms with Crippen molar-refractivity contribution in [1.29, 1.82) is 0 Å². The van der Waals surface area contributed by atoms with Crippen molar-refractivity contribution in [3.05, 3.63) is 94.4 Å². The molecule has 0 saturated carbocycles. The van der Waals surface area contributed by atoms with Gasteiger partial charge >= 0.3 is 0 Å². The first-order valence-corrected chi connectivity index (χ1v) is 11.1. The van der Waals surface area contributed by atoms with E-state index in [0.717, 1.165) is 22.6 Å². The van der Waals surface area contributed by atoms with Crippen LogP contribution in [-0.4, -0.2) is 16.8 Å². The third-order valence-electron chi connectivity index (χ3n) is 4.99. The highest BCUT2D eigenvalue weighted by atomic mass is 32.1. The highest BCUT2D eigenvalue weighted by Crippen LogP contribution is 2.28. The third kappa shape index (κ3) is 4.95. The topological polar surface area (TPSA) is 84.2 Å². The molecule has 0 atom stereocenters. The first kappa shape index (κ1) is 21.5. The maximum Gasteiger partial charge on any atom is 0.291 e. The minimum Gasteiger partial charge on any atom is -0.459 e. The summed E-state index contributed by atoms with van der Waals surface area (Å²) in [6.45, 7) is 4.30. The van der Waals surface area contributed by atoms with E-state index in [0.29, 0.717) is 22.8 Å². The maximum absolute atomic E-state index is 12.8. The Morgan fingerprint density at radius 1 is 1.00 bits per heavy atom. The molecule has 32 heavy (non-hydrogen) atoms. The zero-order valence-electron chi connectivity index (χ0n) is 17.8. The summed E-state index contributed by atoms with van der Waals surface area (Å²) in [6, 6.07) is 18.8. The van der Waals surface area contributed by atoms with E-state index >= 15 is 0 Å². The smallest absolute Gasteiger partial charge is 0.291 e. The number of hydrogen-bond donors (Lipinski definition) is 2. The number of amides is 2. The number of carbonyl (C=O) groups excluding carboxylic acids is 2. The van der Waals surface area contributed by atoms with Crippen molar-refractivity contribution in [1.82, 2.24) is 10.3 Å². The second-order valence-electron chi connectivity index (χ2n) is 7.30. The summed E-state index contributed by atoms with van der Waals surface area (Å²) in [6.07, 6.45) is 2.44. The molecule has 0 aliphatic heterocycles. The molecule has 2 aromatic heterocycles. The molecule has 2 amide bonds. The molecule has 0 aliphatic carbocycles. The van der Waals surface area contributed by atoms with E-state index in [-0.39, 0.29) is 17.6 Å². The van der Waals surface area contributed by atoms with E-state index in [9.17, 15) is 9.59 Å². The average molecular weight is 446 g/mol. The Morgan fingerprint density at radius 3 is 2.53 bits per heavy atom. The fraction of sp³-hybridized carbons (Fsp3) is 0.160. The van der Waals surface area contributed by atoms with Crippen LogP contribution in [0.15, 0.2) is 71.3 Å². The Kier molecular flexibility index (Phi) is 6.47. The minimum absolute atomic E-state index is 0.165. The van der Waals surface area contributed by atoms with Gasteiger partial charge in [-0.05, 0) is 48.7 Å². The Hall–Kier alpha value is -3.71. The lowest BCUT2D eigenvalue weighted by molar-refractivity contribution is 0.0952. The number of nitrogens with one attached hydrogen (secondary N) is 2. The van der Waals surface area contributed by atoms with Crippen molar-refractivity contribution in [2.75, 3.05) is 5.32 Å². The summed E-state index contributed by atoms with van der Waals surface area (Å²) in [4.78, 5) is 30.1. The fourth-order valence-corrected chi connectivity index (χ4v) is 4.22. The second kappa shape index (κ2) is 9.62. The van der Waals surface area contributed by atoms with Crippen LogP contribution in [0.3, 0.4) is 0 Å². The van der Waals surface area contributed by atoms with Crippen LogP contribution in [-0.2, 0) is 13.0 Å². The molecule has 4 rings (SSSR count). The molecule has 6 nitrogen and oxygen atoms in total. The first-order valence-electron chi connectivity index (χ1n) is 10.3. The first-order chi connectivity index (χ1) is 15.5. The molecule has 0 spiro atoms. The molecular formula is C25H23N3O3S. The van der Waals surface area contributed by atoms with E-state index in [1.54, 1.807) is 18.2 Å². The zero-order chi connectivity index (χ0) is 22.5. The van der Waals surface area contributed by atoms with Gasteiger partial charge in [-0.25, -0.2) is 4.98 Å². The van der Waals surface area contributed by atoms with Crippen LogP contribution in [0.2, 0.25) is 0 Å². The van der Waals surface area contributed by atoms with Crippen molar-refractivity contribution in [3.8, 4) is 10.6 Å². The van der Waals surface area contributed by atoms with Gasteiger partial charge in [0.15, 0.2) is 5.76 Å². The molecule has 0 fully saturated rings. The lowest BCUT2D eigenvalue weighted by Crippen LogP contribution is -2.22. The van der Waals surface area contributed by atoms with Gasteiger partial charge in [-0.2, -0.15) is 0 Å². The molecule has 0 unspecified atom stereocenters. The highest BCUT2D eigenvalue weighted by molar-refractivity contribution is 7.17. The molecule has 0 aliphatic rings. The number of nitrogens with zero attached hydrogens (tertiary/aromatic N) is 1. The number of benzene rings is 2. The second-order valence-corrected chi connectivity index (χ2v) is 8.30. The molecular weight excluding hydrogens is 422 g/mol. The lowest BCUT2D eigenvalue weighted by Gasteiger charge is -2.08. The SMILES string of the molecule is CCc1ccc(-c2nc(C)c(C(=O)NCc3cccc(NC(=O)c4ccco4)c3)s2)cc1. The van der Waals surface area contributed by atoms with Crippen LogP contribution in [0.5, 0.6) is 0 Å². The maximum atomic E-state index is 12.8. The number of carbonyl (C=O) groups is 2. The number of hydrogen-bond acceptors (Lipinski definition) is 5. The van der Waals surface area contributed by atoms with Gasteiger partial charge in [0.05, 0.1) is 12.0 Å². The highest BCUT2D eigenvalue weighted by Gasteiger charge is 2.16. The predicted octanol–water partition coefficient (Wildman–Crippen LogP) is 5.46. The molecule has 2 heterocycles. The van der Waals surface area contributed by atoms with Crippen LogP contribution in [0.1, 0.15) is 44.0 Å². The van der Waals surface area contributed by atoms with Gasteiger partial charge in [0.1, 0.15) is 9.88 Å². The van der Waals surface area contributed by atoms with Crippen LogP contribution in [0.25, 0.3) is 10.6 Å². The molecule has 0 saturated heterocycles. The van der Waals surface area contributed by atoms with Crippen molar-refractivity contribution in [2.45, 2.75) is 26.8 Å². The minimum atomic E-state index is -0.323. The summed E-state index contributed by atoms with van der Waals surface area (Å²) in [7, 11) is 0. The largest absolute Gasteiger partial charge is 0.459 e. The normalized spacial score (nSPS) is 10.7. The Balaban J connectivity index is 1.40. The van der Waals surface area contributed by atoms with Crippen LogP contribution in [0, 0.1) is 6.92 Å². The number of aromatic nitrogens is 1. The quantitative estimate of drug-likeness (QED) is 0.396. The van der Waals surface area contributed by atoms with E-state index in [1.807, 2.05) is 37.3 Å². The summed E-state index contributed by atoms with van der Waals surface area (Å²) >= 11 is 1.39. The third-order valence-corrected chi connectivity index (χ3v) is 6.20. The van der Waals surface area contributed by atoms with Gasteiger partial charge in [0.2, 0.25) is 0 Å². The van der Waals surface area contributed by atoms with Crippen molar-refractivity contribution >= 4 is 28.8 Å². The average Bonchev–Trinajstić information content (AvgIpc) is 3.48. The van der Waals surface area contributed by atoms with Gasteiger partial charge in [-0.15, -0.1) is 11.3 Å². The number of furan rings is 1. The summed E-state index contributed by atoms with van der Waals surface area (Å²) in [5, 5.41) is 6.57. The lowest BCUT2D eigenvalue weighted by atomic mass is 10.1. The molecule has 2 N–H and O–H groups in total. The zero-order valence-corrected chi connectivity index (χ0v) is 18.7. The summed E-state index contributed by atoms with van der Waals surface area (Å²) in [5.74, 6) is -0.248. The predicted molar refractivity (Wildman–Crippen MR) is 126 cm³/mol. The number of anilines is 1. The standard InChI is InChI=1S/C25H23N3O3S/c1-3-17-9-11-19(12-10-17)25-27-16(2)22(32-25)24(30)26-15-18-6-4-7-20(14-18)28-23(29)21-8-5-13-31-21/h4-14H,3,15H2,1-2H3,(H,26,30)(H,28,29). The van der Waals surface area contributed by atoms with Gasteiger partial charge in [-0.1, -0.05) is 43.3 Å². The van der Waals surface area contributed by atoms with E-state index in [1.165, 1.54) is 23.2 Å². The molecule has 4 aromatic rings. The molecule has 0 radical (unpaired) electrons. The number of thiazole rings is 1. The van der Waals surface area contributed by atoms with Crippen molar-refractivity contribution in [2.24, 2.45) is 0 Å². The van der Waals surface area contributed by atoms with Gasteiger partial charge < -0.3 is 15.1 Å². The fourth-order valence-electron chi connectivity index (χ4n) is 3.24. The van der Waals surface area contributed by atoms with Gasteiger partial charge in [0, 0.05) is 17.8 Å². The molecule has 2 aromatic carbocycles. The molecule has 162 valence electrons. The van der Waals surface area contributed by atoms with E-state index in [4.69, 9.17) is 4.42 Å². The summed E-state index contributed by atoms with van der Waals surface area (Å²) in [5.41, 5.74) is 4.48. The Bertz CT molecular complexity index is 1230. The number of rotatable bonds is 7. The van der Waals surface area contributed by atoms with Gasteiger partial charge in [-0.3, -0.25) is 9.59 Å². The van der Waals surface area contributed by atoms with Crippen molar-refractivity contribution < 1.29 is 14.0 Å². The number of aryl methyl sites for hydroxylation is 2. The monoisotopic (exact) mass is 445 g/mol. The van der Waals surface area contributed by atoms with Crippen LogP contribution < -0.4 is 10.6 Å².